The minimum atomic E-state index is -2.47. The summed E-state index contributed by atoms with van der Waals surface area (Å²) < 4.78 is 19.2. The normalized spacial score (nSPS) is 30.2. The van der Waals surface area contributed by atoms with Crippen LogP contribution in [0.4, 0.5) is 0 Å². The summed E-state index contributed by atoms with van der Waals surface area (Å²) in [4.78, 5) is 36.5. The first-order valence-corrected chi connectivity index (χ1v) is 12.4. The van der Waals surface area contributed by atoms with E-state index in [9.17, 15) is 24.6 Å². The Balaban J connectivity index is 2.12. The van der Waals surface area contributed by atoms with Gasteiger partial charge in [-0.2, -0.15) is 0 Å². The third-order valence-corrected chi connectivity index (χ3v) is 10.6. The molecule has 0 saturated carbocycles. The first kappa shape index (κ1) is 21.9. The van der Waals surface area contributed by atoms with Crippen LogP contribution in [0.5, 0.6) is 0 Å². The van der Waals surface area contributed by atoms with E-state index in [1.807, 2.05) is 33.9 Å². The number of carbonyl (C=O) groups is 1. The summed E-state index contributed by atoms with van der Waals surface area (Å²) in [7, 11) is -2.47. The molecule has 2 N–H and O–H groups in total. The predicted molar refractivity (Wildman–Crippen MR) is 104 cm³/mol. The fourth-order valence-electron chi connectivity index (χ4n) is 3.36. The number of ether oxygens (including phenoxy) is 2. The highest BCUT2D eigenvalue weighted by molar-refractivity contribution is 6.74. The van der Waals surface area contributed by atoms with Gasteiger partial charge < -0.3 is 24.1 Å². The Kier molecular flexibility index (Phi) is 5.41. The molecule has 3 rings (SSSR count). The highest BCUT2D eigenvalue weighted by atomic mass is 28.4. The van der Waals surface area contributed by atoms with Crippen molar-refractivity contribution < 1.29 is 28.9 Å². The van der Waals surface area contributed by atoms with E-state index in [0.717, 1.165) is 10.6 Å². The van der Waals surface area contributed by atoms with Crippen molar-refractivity contribution in [1.29, 1.82) is 0 Å². The summed E-state index contributed by atoms with van der Waals surface area (Å²) in [6, 6.07) is 1.12. The molecule has 0 spiro atoms. The Labute approximate surface area is 168 Å². The average molecular weight is 429 g/mol. The number of cyclic esters (lactones) is 1. The standard InChI is InChI=1S/C18H28N2O8Si/c1-17(2,3)29(4,5)28-14-15(19-7-6-12(22)20(10-21)16(19)24)27-11-9-26-13(23)8-18(11,14)25/h6-7,11,14-15,21,25H,8-10H2,1-5H3/t11-,14+,15-,18-/m1/s1. The number of rotatable bonds is 4. The van der Waals surface area contributed by atoms with Gasteiger partial charge in [-0.1, -0.05) is 20.8 Å². The highest BCUT2D eigenvalue weighted by Gasteiger charge is 2.62. The van der Waals surface area contributed by atoms with Crippen LogP contribution in [0.3, 0.4) is 0 Å². The topological polar surface area (TPSA) is 129 Å². The van der Waals surface area contributed by atoms with Crippen molar-refractivity contribution in [1.82, 2.24) is 9.13 Å². The molecule has 0 radical (unpaired) electrons. The van der Waals surface area contributed by atoms with Gasteiger partial charge in [-0.25, -0.2) is 9.36 Å². The molecule has 3 heterocycles. The van der Waals surface area contributed by atoms with E-state index >= 15 is 0 Å². The fourth-order valence-corrected chi connectivity index (χ4v) is 4.67. The number of aliphatic hydroxyl groups is 2. The number of aliphatic hydroxyl groups excluding tert-OH is 1. The molecule has 2 aliphatic rings. The maximum Gasteiger partial charge on any atom is 0.335 e. The number of hydrogen-bond acceptors (Lipinski definition) is 8. The molecule has 10 nitrogen and oxygen atoms in total. The van der Waals surface area contributed by atoms with Crippen LogP contribution in [0, 0.1) is 0 Å². The summed E-state index contributed by atoms with van der Waals surface area (Å²) in [5, 5.41) is 20.6. The van der Waals surface area contributed by atoms with Crippen molar-refractivity contribution in [3.63, 3.8) is 0 Å². The molecular formula is C18H28N2O8Si. The van der Waals surface area contributed by atoms with Crippen molar-refractivity contribution in [3.8, 4) is 0 Å². The molecule has 0 unspecified atom stereocenters. The lowest BCUT2D eigenvalue weighted by Crippen LogP contribution is -2.59. The molecule has 2 aliphatic heterocycles. The Morgan fingerprint density at radius 1 is 1.31 bits per heavy atom. The molecule has 2 saturated heterocycles. The van der Waals surface area contributed by atoms with Crippen LogP contribution in [0.1, 0.15) is 33.4 Å². The van der Waals surface area contributed by atoms with Gasteiger partial charge in [0, 0.05) is 12.3 Å². The maximum atomic E-state index is 12.8. The minimum Gasteiger partial charge on any atom is -0.463 e. The number of nitrogens with zero attached hydrogens (tertiary/aromatic N) is 2. The Morgan fingerprint density at radius 3 is 2.55 bits per heavy atom. The third-order valence-electron chi connectivity index (χ3n) is 6.18. The van der Waals surface area contributed by atoms with Gasteiger partial charge in [0.05, 0.1) is 6.42 Å². The number of fused-ring (bicyclic) bond motifs is 1. The van der Waals surface area contributed by atoms with E-state index < -0.39 is 56.3 Å². The van der Waals surface area contributed by atoms with Gasteiger partial charge in [0.15, 0.2) is 14.5 Å². The van der Waals surface area contributed by atoms with E-state index in [1.54, 1.807) is 0 Å². The van der Waals surface area contributed by atoms with E-state index in [0.29, 0.717) is 4.57 Å². The van der Waals surface area contributed by atoms with Gasteiger partial charge in [0.1, 0.15) is 31.1 Å². The van der Waals surface area contributed by atoms with Gasteiger partial charge in [-0.05, 0) is 18.1 Å². The van der Waals surface area contributed by atoms with Crippen LogP contribution < -0.4 is 11.2 Å². The molecular weight excluding hydrogens is 400 g/mol. The first-order chi connectivity index (χ1) is 13.3. The van der Waals surface area contributed by atoms with Gasteiger partial charge in [-0.3, -0.25) is 14.2 Å². The Morgan fingerprint density at radius 2 is 1.97 bits per heavy atom. The van der Waals surface area contributed by atoms with E-state index in [-0.39, 0.29) is 18.1 Å². The van der Waals surface area contributed by atoms with Gasteiger partial charge in [-0.15, -0.1) is 0 Å². The molecule has 0 bridgehead atoms. The lowest BCUT2D eigenvalue weighted by molar-refractivity contribution is -0.179. The zero-order chi connectivity index (χ0) is 21.8. The van der Waals surface area contributed by atoms with Crippen LogP contribution in [0.2, 0.25) is 18.1 Å². The molecule has 0 aliphatic carbocycles. The maximum absolute atomic E-state index is 12.8. The molecule has 1 aromatic heterocycles. The fraction of sp³-hybridized carbons (Fsp3) is 0.722. The van der Waals surface area contributed by atoms with Crippen LogP contribution in [0.25, 0.3) is 0 Å². The second-order valence-electron chi connectivity index (χ2n) is 9.08. The van der Waals surface area contributed by atoms with Crippen LogP contribution >= 0.6 is 0 Å². The molecule has 1 aromatic rings. The zero-order valence-corrected chi connectivity index (χ0v) is 18.2. The summed E-state index contributed by atoms with van der Waals surface area (Å²) in [6.07, 6.45) is -2.11. The van der Waals surface area contributed by atoms with Crippen molar-refractivity contribution in [2.24, 2.45) is 0 Å². The summed E-state index contributed by atoms with van der Waals surface area (Å²) in [5.41, 5.74) is -3.15. The van der Waals surface area contributed by atoms with Crippen LogP contribution in [-0.2, 0) is 25.4 Å². The smallest absolute Gasteiger partial charge is 0.335 e. The number of carbonyl (C=O) groups excluding carboxylic acids is 1. The van der Waals surface area contributed by atoms with Crippen molar-refractivity contribution in [2.75, 3.05) is 6.61 Å². The van der Waals surface area contributed by atoms with Crippen molar-refractivity contribution in [2.45, 2.75) is 76.1 Å². The lowest BCUT2D eigenvalue weighted by atomic mass is 9.87. The summed E-state index contributed by atoms with van der Waals surface area (Å²) in [6.45, 7) is 9.08. The quantitative estimate of drug-likeness (QED) is 0.503. The minimum absolute atomic E-state index is 0.169. The molecule has 0 amide bonds. The largest absolute Gasteiger partial charge is 0.463 e. The highest BCUT2D eigenvalue weighted by Crippen LogP contribution is 2.47. The molecule has 29 heavy (non-hydrogen) atoms. The van der Waals surface area contributed by atoms with Gasteiger partial charge in [0.2, 0.25) is 0 Å². The van der Waals surface area contributed by atoms with E-state index in [4.69, 9.17) is 13.9 Å². The Hall–Kier alpha value is -1.79. The Bertz CT molecular complexity index is 918. The monoisotopic (exact) mass is 428 g/mol. The first-order valence-electron chi connectivity index (χ1n) is 9.46. The third kappa shape index (κ3) is 3.61. The van der Waals surface area contributed by atoms with E-state index in [1.165, 1.54) is 6.20 Å². The van der Waals surface area contributed by atoms with Crippen molar-refractivity contribution in [3.05, 3.63) is 33.1 Å². The average Bonchev–Trinajstić information content (AvgIpc) is 2.86. The van der Waals surface area contributed by atoms with Crippen LogP contribution in [-0.4, -0.2) is 58.0 Å². The van der Waals surface area contributed by atoms with Crippen molar-refractivity contribution >= 4 is 14.3 Å². The second kappa shape index (κ2) is 7.17. The van der Waals surface area contributed by atoms with Gasteiger partial charge >= 0.3 is 11.7 Å². The molecule has 162 valence electrons. The second-order valence-corrected chi connectivity index (χ2v) is 13.8. The zero-order valence-electron chi connectivity index (χ0n) is 17.2. The molecule has 0 aromatic carbocycles. The van der Waals surface area contributed by atoms with E-state index in [2.05, 4.69) is 0 Å². The molecule has 2 fully saturated rings. The number of hydrogen-bond donors (Lipinski definition) is 2. The summed E-state index contributed by atoms with van der Waals surface area (Å²) in [5.74, 6) is -0.579. The number of esters is 1. The SMILES string of the molecule is CC(C)(C)[Si](C)(C)O[C@H]1[C@H](n2ccc(=O)n(CO)c2=O)O[C@@H]2COC(=O)C[C@@]21O. The number of aromatic nitrogens is 2. The lowest BCUT2D eigenvalue weighted by Gasteiger charge is -2.43. The summed E-state index contributed by atoms with van der Waals surface area (Å²) >= 11 is 0. The molecule has 11 heteroatoms. The van der Waals surface area contributed by atoms with Gasteiger partial charge in [0.25, 0.3) is 5.56 Å². The predicted octanol–water partition coefficient (Wildman–Crippen LogP) is -0.0744. The molecule has 4 atom stereocenters. The van der Waals surface area contributed by atoms with Crippen LogP contribution in [0.15, 0.2) is 21.9 Å².